The quantitative estimate of drug-likeness (QED) is 0.236. The van der Waals surface area contributed by atoms with Crippen molar-refractivity contribution in [2.24, 2.45) is 0 Å². The molecule has 0 aliphatic rings. The molecule has 2 heterocycles. The van der Waals surface area contributed by atoms with E-state index in [2.05, 4.69) is 155 Å². The summed E-state index contributed by atoms with van der Waals surface area (Å²) < 4.78 is 4.81. The largest absolute Gasteiger partial charge is 0.309 e. The fourth-order valence-corrected chi connectivity index (χ4v) is 6.03. The molecule has 0 spiro atoms. The molecule has 0 amide bonds. The van der Waals surface area contributed by atoms with Crippen molar-refractivity contribution in [1.82, 2.24) is 9.13 Å². The van der Waals surface area contributed by atoms with Crippen LogP contribution in [-0.2, 0) is 0 Å². The molecular weight excluding hydrogens is 460 g/mol. The van der Waals surface area contributed by atoms with E-state index in [1.165, 1.54) is 54.7 Å². The van der Waals surface area contributed by atoms with Crippen LogP contribution in [0.5, 0.6) is 0 Å². The van der Waals surface area contributed by atoms with Crippen molar-refractivity contribution in [3.63, 3.8) is 0 Å². The van der Waals surface area contributed by atoms with E-state index < -0.39 is 0 Å². The average Bonchev–Trinajstić information content (AvgIpc) is 3.50. The number of para-hydroxylation sites is 3. The third-order valence-corrected chi connectivity index (χ3v) is 7.71. The van der Waals surface area contributed by atoms with Crippen molar-refractivity contribution in [3.05, 3.63) is 146 Å². The van der Waals surface area contributed by atoms with Gasteiger partial charge in [0.25, 0.3) is 0 Å². The Morgan fingerprint density at radius 2 is 0.763 bits per heavy atom. The van der Waals surface area contributed by atoms with Crippen LogP contribution < -0.4 is 0 Å². The Kier molecular flexibility index (Phi) is 4.55. The third kappa shape index (κ3) is 3.07. The summed E-state index contributed by atoms with van der Waals surface area (Å²) in [6.07, 6.45) is 0. The Morgan fingerprint density at radius 1 is 0.289 bits per heavy atom. The maximum atomic E-state index is 2.41. The molecule has 6 aromatic carbocycles. The standard InChI is InChI=1S/C36H24N2/c1-2-11-25(12-3-1)26-13-10-14-27(23-26)38-35-20-9-6-17-31(35)32-22-21-28(24-36(32)38)37-33-18-7-4-15-29(33)30-16-5-8-19-34(30)37/h1-24H. The van der Waals surface area contributed by atoms with Gasteiger partial charge < -0.3 is 9.13 Å². The summed E-state index contributed by atoms with van der Waals surface area (Å²) in [7, 11) is 0. The maximum absolute atomic E-state index is 2.41. The van der Waals surface area contributed by atoms with Gasteiger partial charge in [0.15, 0.2) is 0 Å². The molecule has 0 radical (unpaired) electrons. The number of nitrogens with zero attached hydrogens (tertiary/aromatic N) is 2. The van der Waals surface area contributed by atoms with Crippen LogP contribution in [0.4, 0.5) is 0 Å². The van der Waals surface area contributed by atoms with E-state index >= 15 is 0 Å². The van der Waals surface area contributed by atoms with Crippen LogP contribution in [0.15, 0.2) is 146 Å². The number of fused-ring (bicyclic) bond motifs is 6. The van der Waals surface area contributed by atoms with Crippen molar-refractivity contribution in [2.75, 3.05) is 0 Å². The van der Waals surface area contributed by atoms with Gasteiger partial charge in [-0.05, 0) is 53.6 Å². The molecular formula is C36H24N2. The first kappa shape index (κ1) is 21.0. The van der Waals surface area contributed by atoms with Crippen molar-refractivity contribution >= 4 is 43.6 Å². The molecule has 0 atom stereocenters. The van der Waals surface area contributed by atoms with Crippen LogP contribution in [0.2, 0.25) is 0 Å². The second kappa shape index (κ2) is 8.22. The number of aromatic nitrogens is 2. The summed E-state index contributed by atoms with van der Waals surface area (Å²) in [5.41, 5.74) is 9.63. The van der Waals surface area contributed by atoms with Gasteiger partial charge in [-0.25, -0.2) is 0 Å². The van der Waals surface area contributed by atoms with E-state index in [9.17, 15) is 0 Å². The van der Waals surface area contributed by atoms with Crippen LogP contribution in [-0.4, -0.2) is 9.13 Å². The van der Waals surface area contributed by atoms with Crippen molar-refractivity contribution in [3.8, 4) is 22.5 Å². The Hall–Kier alpha value is -5.08. The fourth-order valence-electron chi connectivity index (χ4n) is 6.03. The molecule has 38 heavy (non-hydrogen) atoms. The van der Waals surface area contributed by atoms with Gasteiger partial charge in [0, 0.05) is 32.9 Å². The summed E-state index contributed by atoms with van der Waals surface area (Å²) >= 11 is 0. The Morgan fingerprint density at radius 3 is 1.39 bits per heavy atom. The molecule has 0 N–H and O–H groups in total. The highest BCUT2D eigenvalue weighted by atomic mass is 15.0. The summed E-state index contributed by atoms with van der Waals surface area (Å²) in [6, 6.07) is 52.5. The van der Waals surface area contributed by atoms with E-state index in [4.69, 9.17) is 0 Å². The minimum Gasteiger partial charge on any atom is -0.309 e. The second-order valence-electron chi connectivity index (χ2n) is 9.84. The predicted molar refractivity (Wildman–Crippen MR) is 161 cm³/mol. The molecule has 0 aliphatic carbocycles. The molecule has 2 heteroatoms. The summed E-state index contributed by atoms with van der Waals surface area (Å²) in [6.45, 7) is 0. The van der Waals surface area contributed by atoms with E-state index in [1.807, 2.05) is 0 Å². The van der Waals surface area contributed by atoms with Crippen LogP contribution in [0, 0.1) is 0 Å². The monoisotopic (exact) mass is 484 g/mol. The lowest BCUT2D eigenvalue weighted by atomic mass is 10.1. The van der Waals surface area contributed by atoms with Crippen LogP contribution in [0.3, 0.4) is 0 Å². The summed E-state index contributed by atoms with van der Waals surface area (Å²) in [5.74, 6) is 0. The van der Waals surface area contributed by atoms with Gasteiger partial charge in [0.05, 0.1) is 22.1 Å². The first-order chi connectivity index (χ1) is 18.9. The second-order valence-corrected chi connectivity index (χ2v) is 9.84. The smallest absolute Gasteiger partial charge is 0.0561 e. The molecule has 0 saturated carbocycles. The number of rotatable bonds is 3. The van der Waals surface area contributed by atoms with E-state index in [0.29, 0.717) is 0 Å². The average molecular weight is 485 g/mol. The molecule has 8 rings (SSSR count). The van der Waals surface area contributed by atoms with Gasteiger partial charge in [-0.3, -0.25) is 0 Å². The van der Waals surface area contributed by atoms with Gasteiger partial charge in [-0.1, -0.05) is 103 Å². The molecule has 0 fully saturated rings. The van der Waals surface area contributed by atoms with Gasteiger partial charge in [0.1, 0.15) is 0 Å². The SMILES string of the molecule is c1ccc(-c2cccc(-n3c4ccccc4c4ccc(-n5c6ccccc6c6ccccc65)cc43)c2)cc1. The molecule has 0 aliphatic heterocycles. The predicted octanol–water partition coefficient (Wildman–Crippen LogP) is 9.55. The molecule has 0 saturated heterocycles. The Bertz CT molecular complexity index is 2070. The summed E-state index contributed by atoms with van der Waals surface area (Å²) in [4.78, 5) is 0. The van der Waals surface area contributed by atoms with Gasteiger partial charge in [0.2, 0.25) is 0 Å². The number of benzene rings is 6. The first-order valence-electron chi connectivity index (χ1n) is 13.0. The van der Waals surface area contributed by atoms with Gasteiger partial charge in [-0.15, -0.1) is 0 Å². The van der Waals surface area contributed by atoms with Gasteiger partial charge >= 0.3 is 0 Å². The van der Waals surface area contributed by atoms with E-state index in [-0.39, 0.29) is 0 Å². The topological polar surface area (TPSA) is 9.86 Å². The zero-order valence-corrected chi connectivity index (χ0v) is 20.8. The lowest BCUT2D eigenvalue weighted by Crippen LogP contribution is -1.97. The van der Waals surface area contributed by atoms with Crippen LogP contribution in [0.25, 0.3) is 66.1 Å². The Labute approximate surface area is 220 Å². The lowest BCUT2D eigenvalue weighted by molar-refractivity contribution is 1.15. The highest BCUT2D eigenvalue weighted by molar-refractivity contribution is 6.12. The lowest BCUT2D eigenvalue weighted by Gasteiger charge is -2.12. The minimum absolute atomic E-state index is 1.16. The molecule has 0 bridgehead atoms. The summed E-state index contributed by atoms with van der Waals surface area (Å²) in [5, 5.41) is 5.08. The van der Waals surface area contributed by atoms with E-state index in [0.717, 1.165) is 11.4 Å². The van der Waals surface area contributed by atoms with Crippen molar-refractivity contribution in [1.29, 1.82) is 0 Å². The highest BCUT2D eigenvalue weighted by Gasteiger charge is 2.16. The van der Waals surface area contributed by atoms with Crippen LogP contribution in [0.1, 0.15) is 0 Å². The van der Waals surface area contributed by atoms with Crippen LogP contribution >= 0.6 is 0 Å². The number of hydrogen-bond acceptors (Lipinski definition) is 0. The molecule has 2 nitrogen and oxygen atoms in total. The third-order valence-electron chi connectivity index (χ3n) is 7.71. The first-order valence-corrected chi connectivity index (χ1v) is 13.0. The highest BCUT2D eigenvalue weighted by Crippen LogP contribution is 2.37. The zero-order chi connectivity index (χ0) is 25.1. The van der Waals surface area contributed by atoms with Crippen molar-refractivity contribution < 1.29 is 0 Å². The van der Waals surface area contributed by atoms with E-state index in [1.54, 1.807) is 0 Å². The molecule has 178 valence electrons. The fraction of sp³-hybridized carbons (Fsp3) is 0. The molecule has 0 unspecified atom stereocenters. The van der Waals surface area contributed by atoms with Gasteiger partial charge in [-0.2, -0.15) is 0 Å². The normalized spacial score (nSPS) is 11.7. The Balaban J connectivity index is 1.43. The van der Waals surface area contributed by atoms with Crippen molar-refractivity contribution in [2.45, 2.75) is 0 Å². The molecule has 8 aromatic rings. The maximum Gasteiger partial charge on any atom is 0.0561 e. The number of hydrogen-bond donors (Lipinski definition) is 0. The zero-order valence-electron chi connectivity index (χ0n) is 20.8. The molecule has 2 aromatic heterocycles. The minimum atomic E-state index is 1.16.